The highest BCUT2D eigenvalue weighted by molar-refractivity contribution is 5.93. The van der Waals surface area contributed by atoms with Gasteiger partial charge in [-0.15, -0.1) is 0 Å². The maximum absolute atomic E-state index is 13.6. The Morgan fingerprint density at radius 3 is 2.27 bits per heavy atom. The van der Waals surface area contributed by atoms with E-state index in [4.69, 9.17) is 4.74 Å². The van der Waals surface area contributed by atoms with Gasteiger partial charge >= 0.3 is 6.09 Å². The zero-order chi connectivity index (χ0) is 24.8. The standard InChI is InChI=1S/C25H39N3O5/c1-7-8-14-26-22(30)21(20-16(2)10-9-11-17(20)3)28(18-12-13-18)23(31)19(15-29)27-24(32)33-25(4,5)6/h9-11,18-19,21,29H,7-8,12-15H2,1-6H3,(H,26,30)(H,27,32). The Morgan fingerprint density at radius 2 is 1.79 bits per heavy atom. The molecule has 0 aromatic heterocycles. The summed E-state index contributed by atoms with van der Waals surface area (Å²) in [5.41, 5.74) is 1.85. The van der Waals surface area contributed by atoms with Crippen molar-refractivity contribution >= 4 is 17.9 Å². The Kier molecular flexibility index (Phi) is 9.28. The number of amides is 3. The SMILES string of the molecule is CCCCNC(=O)C(c1c(C)cccc1C)N(C(=O)C(CO)NC(=O)OC(C)(C)C)C1CC1. The van der Waals surface area contributed by atoms with Gasteiger partial charge < -0.3 is 25.4 Å². The number of rotatable bonds is 10. The van der Waals surface area contributed by atoms with Crippen molar-refractivity contribution in [2.45, 2.75) is 91.0 Å². The lowest BCUT2D eigenvalue weighted by molar-refractivity contribution is -0.144. The number of nitrogens with zero attached hydrogens (tertiary/aromatic N) is 1. The molecule has 184 valence electrons. The lowest BCUT2D eigenvalue weighted by atomic mass is 9.93. The number of carbonyl (C=O) groups excluding carboxylic acids is 3. The van der Waals surface area contributed by atoms with Crippen LogP contribution in [0.25, 0.3) is 0 Å². The van der Waals surface area contributed by atoms with Gasteiger partial charge in [-0.05, 0) is 70.6 Å². The van der Waals surface area contributed by atoms with Crippen LogP contribution >= 0.6 is 0 Å². The Labute approximate surface area is 197 Å². The summed E-state index contributed by atoms with van der Waals surface area (Å²) in [5.74, 6) is -0.751. The van der Waals surface area contributed by atoms with Crippen LogP contribution in [0.3, 0.4) is 0 Å². The predicted molar refractivity (Wildman–Crippen MR) is 127 cm³/mol. The fourth-order valence-electron chi connectivity index (χ4n) is 3.83. The van der Waals surface area contributed by atoms with Crippen molar-refractivity contribution in [3.05, 3.63) is 34.9 Å². The first kappa shape index (κ1) is 26.6. The van der Waals surface area contributed by atoms with Crippen LogP contribution in [0.2, 0.25) is 0 Å². The van der Waals surface area contributed by atoms with Crippen molar-refractivity contribution < 1.29 is 24.2 Å². The molecule has 1 aromatic rings. The summed E-state index contributed by atoms with van der Waals surface area (Å²) >= 11 is 0. The van der Waals surface area contributed by atoms with E-state index in [2.05, 4.69) is 10.6 Å². The number of alkyl carbamates (subject to hydrolysis) is 1. The molecule has 1 aliphatic carbocycles. The maximum Gasteiger partial charge on any atom is 0.408 e. The monoisotopic (exact) mass is 461 g/mol. The predicted octanol–water partition coefficient (Wildman–Crippen LogP) is 3.14. The molecule has 0 bridgehead atoms. The van der Waals surface area contributed by atoms with Crippen molar-refractivity contribution in [1.29, 1.82) is 0 Å². The van der Waals surface area contributed by atoms with Gasteiger partial charge in [0.15, 0.2) is 0 Å². The molecule has 1 saturated carbocycles. The molecule has 33 heavy (non-hydrogen) atoms. The molecule has 3 amide bonds. The molecular formula is C25H39N3O5. The Bertz CT molecular complexity index is 825. The summed E-state index contributed by atoms with van der Waals surface area (Å²) in [5, 5.41) is 15.4. The van der Waals surface area contributed by atoms with Gasteiger partial charge in [0.05, 0.1) is 6.61 Å². The number of unbranched alkanes of at least 4 members (excludes halogenated alkanes) is 1. The normalized spacial score (nSPS) is 15.4. The number of nitrogens with one attached hydrogen (secondary N) is 2. The van der Waals surface area contributed by atoms with Crippen molar-refractivity contribution in [3.63, 3.8) is 0 Å². The van der Waals surface area contributed by atoms with Gasteiger partial charge in [-0.25, -0.2) is 4.79 Å². The average Bonchev–Trinajstić information content (AvgIpc) is 3.54. The van der Waals surface area contributed by atoms with Crippen LogP contribution in [-0.4, -0.2) is 58.8 Å². The molecule has 2 atom stereocenters. The van der Waals surface area contributed by atoms with Gasteiger partial charge in [-0.3, -0.25) is 9.59 Å². The number of hydrogen-bond donors (Lipinski definition) is 3. The minimum Gasteiger partial charge on any atom is -0.444 e. The summed E-state index contributed by atoms with van der Waals surface area (Å²) in [7, 11) is 0. The van der Waals surface area contributed by atoms with E-state index in [-0.39, 0.29) is 11.9 Å². The average molecular weight is 462 g/mol. The lowest BCUT2D eigenvalue weighted by Gasteiger charge is -2.35. The molecule has 8 heteroatoms. The summed E-state index contributed by atoms with van der Waals surface area (Å²) in [6.07, 6.45) is 2.51. The van der Waals surface area contributed by atoms with Crippen molar-refractivity contribution in [3.8, 4) is 0 Å². The van der Waals surface area contributed by atoms with Gasteiger partial charge in [0.2, 0.25) is 11.8 Å². The molecule has 2 unspecified atom stereocenters. The molecule has 3 N–H and O–H groups in total. The second-order valence-corrected chi connectivity index (χ2v) is 9.71. The molecule has 2 rings (SSSR count). The van der Waals surface area contributed by atoms with E-state index in [0.29, 0.717) is 6.54 Å². The minimum absolute atomic E-state index is 0.132. The molecule has 1 fully saturated rings. The van der Waals surface area contributed by atoms with Gasteiger partial charge in [-0.1, -0.05) is 31.5 Å². The van der Waals surface area contributed by atoms with Crippen LogP contribution in [0.1, 0.15) is 76.1 Å². The first-order valence-corrected chi connectivity index (χ1v) is 11.8. The third-order valence-electron chi connectivity index (χ3n) is 5.54. The number of aliphatic hydroxyl groups is 1. The summed E-state index contributed by atoms with van der Waals surface area (Å²) < 4.78 is 5.26. The number of aliphatic hydroxyl groups excluding tert-OH is 1. The maximum atomic E-state index is 13.6. The second-order valence-electron chi connectivity index (χ2n) is 9.71. The zero-order valence-corrected chi connectivity index (χ0v) is 20.7. The number of hydrogen-bond acceptors (Lipinski definition) is 5. The van der Waals surface area contributed by atoms with Gasteiger partial charge in [0, 0.05) is 12.6 Å². The first-order chi connectivity index (χ1) is 15.5. The summed E-state index contributed by atoms with van der Waals surface area (Å²) in [6, 6.07) is 3.57. The second kappa shape index (κ2) is 11.5. The van der Waals surface area contributed by atoms with E-state index in [1.165, 1.54) is 0 Å². The lowest BCUT2D eigenvalue weighted by Crippen LogP contribution is -2.55. The number of benzene rings is 1. The molecular weight excluding hydrogens is 422 g/mol. The topological polar surface area (TPSA) is 108 Å². The molecule has 1 aromatic carbocycles. The molecule has 0 radical (unpaired) electrons. The van der Waals surface area contributed by atoms with Gasteiger partial charge in [0.1, 0.15) is 17.7 Å². The van der Waals surface area contributed by atoms with Crippen LogP contribution < -0.4 is 10.6 Å². The van der Waals surface area contributed by atoms with E-state index in [1.807, 2.05) is 39.0 Å². The van der Waals surface area contributed by atoms with E-state index < -0.39 is 36.3 Å². The van der Waals surface area contributed by atoms with E-state index >= 15 is 0 Å². The highest BCUT2D eigenvalue weighted by Crippen LogP contribution is 2.37. The fraction of sp³-hybridized carbons (Fsp3) is 0.640. The fourth-order valence-corrected chi connectivity index (χ4v) is 3.83. The van der Waals surface area contributed by atoms with E-state index in [1.54, 1.807) is 25.7 Å². The Balaban J connectivity index is 2.41. The quantitative estimate of drug-likeness (QED) is 0.464. The van der Waals surface area contributed by atoms with E-state index in [9.17, 15) is 19.5 Å². The summed E-state index contributed by atoms with van der Waals surface area (Å²) in [4.78, 5) is 40.9. The number of ether oxygens (including phenoxy) is 1. The molecule has 0 spiro atoms. The third kappa shape index (κ3) is 7.45. The smallest absolute Gasteiger partial charge is 0.408 e. The van der Waals surface area contributed by atoms with Crippen molar-refractivity contribution in [1.82, 2.24) is 15.5 Å². The molecule has 0 aliphatic heterocycles. The van der Waals surface area contributed by atoms with Crippen molar-refractivity contribution in [2.24, 2.45) is 0 Å². The van der Waals surface area contributed by atoms with Crippen LogP contribution in [0.15, 0.2) is 18.2 Å². The van der Waals surface area contributed by atoms with Gasteiger partial charge in [-0.2, -0.15) is 0 Å². The van der Waals surface area contributed by atoms with Crippen molar-refractivity contribution in [2.75, 3.05) is 13.2 Å². The van der Waals surface area contributed by atoms with Gasteiger partial charge in [0.25, 0.3) is 0 Å². The molecule has 8 nitrogen and oxygen atoms in total. The Hall–Kier alpha value is -2.61. The largest absolute Gasteiger partial charge is 0.444 e. The molecule has 1 aliphatic rings. The van der Waals surface area contributed by atoms with E-state index in [0.717, 1.165) is 42.4 Å². The zero-order valence-electron chi connectivity index (χ0n) is 20.7. The third-order valence-corrected chi connectivity index (χ3v) is 5.54. The number of aryl methyl sites for hydroxylation is 2. The highest BCUT2D eigenvalue weighted by Gasteiger charge is 2.44. The van der Waals surface area contributed by atoms with Crippen LogP contribution in [0.4, 0.5) is 4.79 Å². The summed E-state index contributed by atoms with van der Waals surface area (Å²) in [6.45, 7) is 11.0. The minimum atomic E-state index is -1.21. The Morgan fingerprint density at radius 1 is 1.18 bits per heavy atom. The molecule has 0 saturated heterocycles. The van der Waals surface area contributed by atoms with Crippen LogP contribution in [0, 0.1) is 13.8 Å². The van der Waals surface area contributed by atoms with Crippen LogP contribution in [0.5, 0.6) is 0 Å². The first-order valence-electron chi connectivity index (χ1n) is 11.8. The highest BCUT2D eigenvalue weighted by atomic mass is 16.6. The number of carbonyl (C=O) groups is 3. The van der Waals surface area contributed by atoms with Crippen LogP contribution in [-0.2, 0) is 14.3 Å². The molecule has 0 heterocycles.